The standard InChI is InChI=1S/C16H26/c1-11-13-7-3-5-9-15(13)12(2)16-10-6-4-8-14(11)16/h3,7,11-16H,4-6,8-10H2,1-2H3. The minimum absolute atomic E-state index is 0.920. The lowest BCUT2D eigenvalue weighted by atomic mass is 9.53. The molecule has 3 aliphatic rings. The molecule has 2 saturated carbocycles. The monoisotopic (exact) mass is 218 g/mol. The predicted octanol–water partition coefficient (Wildman–Crippen LogP) is 4.66. The molecule has 3 aliphatic carbocycles. The van der Waals surface area contributed by atoms with Gasteiger partial charge >= 0.3 is 0 Å². The molecule has 0 heteroatoms. The molecule has 0 spiro atoms. The lowest BCUT2D eigenvalue weighted by molar-refractivity contribution is -0.0156. The van der Waals surface area contributed by atoms with Crippen LogP contribution in [0.25, 0.3) is 0 Å². The van der Waals surface area contributed by atoms with Crippen LogP contribution in [0.3, 0.4) is 0 Å². The highest BCUT2D eigenvalue weighted by molar-refractivity contribution is 5.06. The fourth-order valence-corrected chi connectivity index (χ4v) is 5.15. The Balaban J connectivity index is 1.88. The Morgan fingerprint density at radius 1 is 0.812 bits per heavy atom. The Morgan fingerprint density at radius 3 is 2.25 bits per heavy atom. The lowest BCUT2D eigenvalue weighted by Crippen LogP contribution is -2.45. The van der Waals surface area contributed by atoms with Gasteiger partial charge in [0.05, 0.1) is 0 Å². The molecule has 0 aromatic heterocycles. The van der Waals surface area contributed by atoms with Crippen molar-refractivity contribution in [3.8, 4) is 0 Å². The van der Waals surface area contributed by atoms with Crippen LogP contribution in [0.2, 0.25) is 0 Å². The first-order valence-electron chi connectivity index (χ1n) is 7.45. The molecular formula is C16H26. The maximum atomic E-state index is 2.57. The van der Waals surface area contributed by atoms with Crippen molar-refractivity contribution in [1.82, 2.24) is 0 Å². The second kappa shape index (κ2) is 4.20. The van der Waals surface area contributed by atoms with E-state index in [0.717, 1.165) is 35.5 Å². The number of fused-ring (bicyclic) bond motifs is 2. The molecular weight excluding hydrogens is 192 g/mol. The molecule has 0 aliphatic heterocycles. The van der Waals surface area contributed by atoms with Crippen LogP contribution in [0.4, 0.5) is 0 Å². The first-order valence-corrected chi connectivity index (χ1v) is 7.45. The van der Waals surface area contributed by atoms with Crippen molar-refractivity contribution in [2.24, 2.45) is 35.5 Å². The minimum atomic E-state index is 0.920. The molecule has 6 unspecified atom stereocenters. The topological polar surface area (TPSA) is 0 Å². The smallest absolute Gasteiger partial charge is 0.0174 e. The van der Waals surface area contributed by atoms with Crippen molar-refractivity contribution in [2.45, 2.75) is 52.4 Å². The van der Waals surface area contributed by atoms with Crippen molar-refractivity contribution in [3.63, 3.8) is 0 Å². The van der Waals surface area contributed by atoms with E-state index < -0.39 is 0 Å². The van der Waals surface area contributed by atoms with Gasteiger partial charge in [0.25, 0.3) is 0 Å². The third kappa shape index (κ3) is 1.57. The Morgan fingerprint density at radius 2 is 1.50 bits per heavy atom. The van der Waals surface area contributed by atoms with E-state index in [2.05, 4.69) is 26.0 Å². The zero-order chi connectivity index (χ0) is 11.1. The summed E-state index contributed by atoms with van der Waals surface area (Å²) >= 11 is 0. The van der Waals surface area contributed by atoms with Gasteiger partial charge in [0.1, 0.15) is 0 Å². The third-order valence-electron chi connectivity index (χ3n) is 6.03. The fraction of sp³-hybridized carbons (Fsp3) is 0.875. The van der Waals surface area contributed by atoms with E-state index in [9.17, 15) is 0 Å². The summed E-state index contributed by atoms with van der Waals surface area (Å²) in [5.74, 6) is 6.01. The highest BCUT2D eigenvalue weighted by Gasteiger charge is 2.46. The molecule has 0 nitrogen and oxygen atoms in total. The van der Waals surface area contributed by atoms with Gasteiger partial charge in [-0.3, -0.25) is 0 Å². The van der Waals surface area contributed by atoms with Gasteiger partial charge in [-0.1, -0.05) is 38.8 Å². The molecule has 0 amide bonds. The van der Waals surface area contributed by atoms with Gasteiger partial charge in [0.2, 0.25) is 0 Å². The van der Waals surface area contributed by atoms with Crippen LogP contribution in [0.5, 0.6) is 0 Å². The third-order valence-corrected chi connectivity index (χ3v) is 6.03. The van der Waals surface area contributed by atoms with Crippen LogP contribution < -0.4 is 0 Å². The van der Waals surface area contributed by atoms with E-state index in [0.29, 0.717) is 0 Å². The van der Waals surface area contributed by atoms with Gasteiger partial charge in [-0.25, -0.2) is 0 Å². The molecule has 6 atom stereocenters. The van der Waals surface area contributed by atoms with E-state index in [1.54, 1.807) is 0 Å². The molecule has 90 valence electrons. The normalized spacial score (nSPS) is 51.9. The highest BCUT2D eigenvalue weighted by Crippen LogP contribution is 2.54. The van der Waals surface area contributed by atoms with E-state index in [-0.39, 0.29) is 0 Å². The number of hydrogen-bond acceptors (Lipinski definition) is 0. The van der Waals surface area contributed by atoms with Gasteiger partial charge in [-0.2, -0.15) is 0 Å². The molecule has 0 aromatic rings. The van der Waals surface area contributed by atoms with Gasteiger partial charge < -0.3 is 0 Å². The van der Waals surface area contributed by atoms with Crippen LogP contribution in [0, 0.1) is 35.5 Å². The fourth-order valence-electron chi connectivity index (χ4n) is 5.15. The summed E-state index contributed by atoms with van der Waals surface area (Å²) in [6.45, 7) is 5.11. The minimum Gasteiger partial charge on any atom is -0.0882 e. The predicted molar refractivity (Wildman–Crippen MR) is 69.1 cm³/mol. The van der Waals surface area contributed by atoms with Crippen molar-refractivity contribution in [1.29, 1.82) is 0 Å². The largest absolute Gasteiger partial charge is 0.0882 e. The van der Waals surface area contributed by atoms with Crippen molar-refractivity contribution < 1.29 is 0 Å². The van der Waals surface area contributed by atoms with E-state index in [1.807, 2.05) is 0 Å². The van der Waals surface area contributed by atoms with Crippen LogP contribution in [0.15, 0.2) is 12.2 Å². The molecule has 0 radical (unpaired) electrons. The highest BCUT2D eigenvalue weighted by atomic mass is 14.5. The molecule has 0 bridgehead atoms. The lowest BCUT2D eigenvalue weighted by Gasteiger charge is -2.52. The van der Waals surface area contributed by atoms with Crippen LogP contribution in [-0.2, 0) is 0 Å². The van der Waals surface area contributed by atoms with E-state index in [4.69, 9.17) is 0 Å². The molecule has 3 rings (SSSR count). The Hall–Kier alpha value is -0.260. The van der Waals surface area contributed by atoms with Crippen molar-refractivity contribution in [3.05, 3.63) is 12.2 Å². The Labute approximate surface area is 101 Å². The molecule has 0 N–H and O–H groups in total. The summed E-state index contributed by atoms with van der Waals surface area (Å²) in [7, 11) is 0. The second-order valence-electron chi connectivity index (χ2n) is 6.58. The summed E-state index contributed by atoms with van der Waals surface area (Å²) in [5.41, 5.74) is 0. The molecule has 0 heterocycles. The summed E-state index contributed by atoms with van der Waals surface area (Å²) in [5, 5.41) is 0. The zero-order valence-electron chi connectivity index (χ0n) is 10.9. The van der Waals surface area contributed by atoms with E-state index >= 15 is 0 Å². The van der Waals surface area contributed by atoms with Crippen LogP contribution >= 0.6 is 0 Å². The molecule has 0 saturated heterocycles. The second-order valence-corrected chi connectivity index (χ2v) is 6.58. The van der Waals surface area contributed by atoms with E-state index in [1.165, 1.54) is 38.5 Å². The summed E-state index contributed by atoms with van der Waals surface area (Å²) in [6.07, 6.45) is 13.9. The quantitative estimate of drug-likeness (QED) is 0.519. The zero-order valence-corrected chi connectivity index (χ0v) is 10.9. The maximum Gasteiger partial charge on any atom is -0.0174 e. The molecule has 2 fully saturated rings. The van der Waals surface area contributed by atoms with Gasteiger partial charge in [-0.15, -0.1) is 0 Å². The van der Waals surface area contributed by atoms with Gasteiger partial charge in [-0.05, 0) is 61.2 Å². The average molecular weight is 218 g/mol. The molecule has 16 heavy (non-hydrogen) atoms. The Kier molecular flexibility index (Phi) is 2.85. The van der Waals surface area contributed by atoms with Gasteiger partial charge in [0.15, 0.2) is 0 Å². The maximum absolute atomic E-state index is 2.57. The first-order chi connectivity index (χ1) is 7.79. The van der Waals surface area contributed by atoms with Crippen molar-refractivity contribution in [2.75, 3.05) is 0 Å². The van der Waals surface area contributed by atoms with Gasteiger partial charge in [0, 0.05) is 0 Å². The van der Waals surface area contributed by atoms with Crippen LogP contribution in [0.1, 0.15) is 52.4 Å². The number of allylic oxidation sites excluding steroid dienone is 2. The summed E-state index contributed by atoms with van der Waals surface area (Å²) in [4.78, 5) is 0. The van der Waals surface area contributed by atoms with Crippen molar-refractivity contribution >= 4 is 0 Å². The Bertz CT molecular complexity index is 278. The first kappa shape index (κ1) is 10.9. The number of hydrogen-bond donors (Lipinski definition) is 0. The SMILES string of the molecule is CC1C2C=CCCC2C(C)C2CCCCC12. The average Bonchev–Trinajstić information content (AvgIpc) is 2.36. The van der Waals surface area contributed by atoms with Crippen LogP contribution in [-0.4, -0.2) is 0 Å². The summed E-state index contributed by atoms with van der Waals surface area (Å²) < 4.78 is 0. The molecule has 0 aromatic carbocycles. The number of rotatable bonds is 0. The summed E-state index contributed by atoms with van der Waals surface area (Å²) in [6, 6.07) is 0.